The summed E-state index contributed by atoms with van der Waals surface area (Å²) in [7, 11) is 0. The van der Waals surface area contributed by atoms with Crippen LogP contribution in [0.15, 0.2) is 30.4 Å². The Hall–Kier alpha value is -2.44. The summed E-state index contributed by atoms with van der Waals surface area (Å²) in [5, 5.41) is 18.9. The van der Waals surface area contributed by atoms with E-state index < -0.39 is 16.7 Å². The molecule has 0 atom stereocenters. The van der Waals surface area contributed by atoms with Crippen LogP contribution in [-0.4, -0.2) is 22.6 Å². The van der Waals surface area contributed by atoms with Crippen molar-refractivity contribution in [3.05, 3.63) is 46.3 Å². The van der Waals surface area contributed by atoms with Gasteiger partial charge in [-0.2, -0.15) is 0 Å². The lowest BCUT2D eigenvalue weighted by Crippen LogP contribution is -1.99. The summed E-state index contributed by atoms with van der Waals surface area (Å²) >= 11 is 0. The molecule has 0 aliphatic carbocycles. The van der Waals surface area contributed by atoms with Crippen molar-refractivity contribution in [3.63, 3.8) is 0 Å². The normalized spacial score (nSPS) is 10.4. The molecule has 0 saturated heterocycles. The fourth-order valence-corrected chi connectivity index (χ4v) is 1.04. The average Bonchev–Trinajstić information content (AvgIpc) is 2.23. The first-order valence-corrected chi connectivity index (χ1v) is 4.47. The molecule has 1 rings (SSSR count). The Balaban J connectivity index is 2.78. The smallest absolute Gasteiger partial charge is 0.328 e. The number of carbonyl (C=O) groups is 1. The third kappa shape index (κ3) is 3.90. The lowest BCUT2D eigenvalue weighted by molar-refractivity contribution is -0.385. The third-order valence-electron chi connectivity index (χ3n) is 1.71. The lowest BCUT2D eigenvalue weighted by atomic mass is 10.3. The molecule has 0 amide bonds. The van der Waals surface area contributed by atoms with Gasteiger partial charge < -0.3 is 9.84 Å². The van der Waals surface area contributed by atoms with Gasteiger partial charge in [-0.1, -0.05) is 0 Å². The number of aliphatic carboxylic acids is 1. The number of carboxylic acids is 1. The van der Waals surface area contributed by atoms with E-state index in [1.165, 1.54) is 0 Å². The van der Waals surface area contributed by atoms with Crippen LogP contribution in [0.25, 0.3) is 0 Å². The average molecular weight is 241 g/mol. The minimum absolute atomic E-state index is 0.198. The molecule has 17 heavy (non-hydrogen) atoms. The minimum atomic E-state index is -1.16. The molecule has 0 heterocycles. The molecule has 0 saturated carbocycles. The molecule has 0 bridgehead atoms. The molecule has 90 valence electrons. The van der Waals surface area contributed by atoms with E-state index in [1.54, 1.807) is 0 Å². The molecule has 0 fully saturated rings. The van der Waals surface area contributed by atoms with Crippen molar-refractivity contribution in [1.82, 2.24) is 0 Å². The van der Waals surface area contributed by atoms with Crippen LogP contribution < -0.4 is 4.74 Å². The number of carboxylic acid groups (broad SMARTS) is 1. The van der Waals surface area contributed by atoms with Crippen LogP contribution in [0.4, 0.5) is 10.1 Å². The van der Waals surface area contributed by atoms with Gasteiger partial charge in [-0.15, -0.1) is 0 Å². The molecule has 0 aliphatic rings. The zero-order valence-electron chi connectivity index (χ0n) is 8.50. The minimum Gasteiger partial charge on any atom is -0.482 e. The Kier molecular flexibility index (Phi) is 4.15. The number of hydrogen-bond acceptors (Lipinski definition) is 4. The standard InChI is InChI=1S/C10H8FNO5/c11-7-3-4-8(12(15)16)9(6-7)17-5-1-2-10(13)14/h1-4,6H,5H2,(H,13,14). The van der Waals surface area contributed by atoms with E-state index in [4.69, 9.17) is 9.84 Å². The Morgan fingerprint density at radius 2 is 2.29 bits per heavy atom. The van der Waals surface area contributed by atoms with Gasteiger partial charge in [0.2, 0.25) is 0 Å². The Morgan fingerprint density at radius 1 is 1.59 bits per heavy atom. The van der Waals surface area contributed by atoms with Gasteiger partial charge in [0.1, 0.15) is 12.4 Å². The summed E-state index contributed by atoms with van der Waals surface area (Å²) in [6, 6.07) is 2.79. The fraction of sp³-hybridized carbons (Fsp3) is 0.100. The number of rotatable bonds is 5. The van der Waals surface area contributed by atoms with Gasteiger partial charge in [0.15, 0.2) is 5.75 Å². The first kappa shape index (κ1) is 12.6. The summed E-state index contributed by atoms with van der Waals surface area (Å²) in [6.07, 6.45) is 1.97. The quantitative estimate of drug-likeness (QED) is 0.482. The van der Waals surface area contributed by atoms with E-state index in [2.05, 4.69) is 0 Å². The highest BCUT2D eigenvalue weighted by atomic mass is 19.1. The second-order valence-electron chi connectivity index (χ2n) is 2.92. The summed E-state index contributed by atoms with van der Waals surface area (Å²) in [5.41, 5.74) is -0.380. The van der Waals surface area contributed by atoms with Gasteiger partial charge >= 0.3 is 11.7 Å². The summed E-state index contributed by atoms with van der Waals surface area (Å²) in [5.74, 6) is -2.08. The number of hydrogen-bond donors (Lipinski definition) is 1. The lowest BCUT2D eigenvalue weighted by Gasteiger charge is -2.03. The maximum absolute atomic E-state index is 12.8. The first-order chi connectivity index (χ1) is 8.00. The van der Waals surface area contributed by atoms with Crippen molar-refractivity contribution in [1.29, 1.82) is 0 Å². The third-order valence-corrected chi connectivity index (χ3v) is 1.71. The number of ether oxygens (including phenoxy) is 1. The highest BCUT2D eigenvalue weighted by Crippen LogP contribution is 2.27. The number of nitrogens with zero attached hydrogens (tertiary/aromatic N) is 1. The van der Waals surface area contributed by atoms with Gasteiger partial charge in [-0.25, -0.2) is 9.18 Å². The molecule has 0 aromatic heterocycles. The van der Waals surface area contributed by atoms with Crippen molar-refractivity contribution in [2.45, 2.75) is 0 Å². The van der Waals surface area contributed by atoms with E-state index >= 15 is 0 Å². The second kappa shape index (κ2) is 5.59. The Bertz CT molecular complexity index is 472. The van der Waals surface area contributed by atoms with Crippen molar-refractivity contribution < 1.29 is 24.0 Å². The largest absolute Gasteiger partial charge is 0.482 e. The Labute approximate surface area is 95.1 Å². The topological polar surface area (TPSA) is 89.7 Å². The maximum Gasteiger partial charge on any atom is 0.328 e. The van der Waals surface area contributed by atoms with E-state index in [0.29, 0.717) is 0 Å². The molecule has 1 aromatic carbocycles. The van der Waals surface area contributed by atoms with Crippen LogP contribution >= 0.6 is 0 Å². The van der Waals surface area contributed by atoms with Crippen LogP contribution in [-0.2, 0) is 4.79 Å². The summed E-state index contributed by atoms with van der Waals surface area (Å²) in [6.45, 7) is -0.198. The summed E-state index contributed by atoms with van der Waals surface area (Å²) < 4.78 is 17.7. The molecule has 1 aromatic rings. The molecule has 6 nitrogen and oxygen atoms in total. The van der Waals surface area contributed by atoms with Crippen molar-refractivity contribution in [3.8, 4) is 5.75 Å². The predicted molar refractivity (Wildman–Crippen MR) is 55.3 cm³/mol. The maximum atomic E-state index is 12.8. The van der Waals surface area contributed by atoms with Crippen LogP contribution in [0.5, 0.6) is 5.75 Å². The monoisotopic (exact) mass is 241 g/mol. The van der Waals surface area contributed by atoms with E-state index in [9.17, 15) is 19.3 Å². The molecule has 0 unspecified atom stereocenters. The molecular weight excluding hydrogens is 233 g/mol. The van der Waals surface area contributed by atoms with Crippen molar-refractivity contribution in [2.75, 3.05) is 6.61 Å². The van der Waals surface area contributed by atoms with Crippen LogP contribution in [0.1, 0.15) is 0 Å². The SMILES string of the molecule is O=C(O)C=CCOc1cc(F)ccc1[N+](=O)[O-]. The number of nitro benzene ring substituents is 1. The molecule has 1 N–H and O–H groups in total. The fourth-order valence-electron chi connectivity index (χ4n) is 1.04. The van der Waals surface area contributed by atoms with Gasteiger partial charge in [0, 0.05) is 18.2 Å². The number of benzene rings is 1. The second-order valence-corrected chi connectivity index (χ2v) is 2.92. The van der Waals surface area contributed by atoms with Gasteiger partial charge in [-0.3, -0.25) is 10.1 Å². The molecule has 0 radical (unpaired) electrons. The van der Waals surface area contributed by atoms with E-state index in [-0.39, 0.29) is 18.0 Å². The van der Waals surface area contributed by atoms with Gasteiger partial charge in [-0.05, 0) is 12.1 Å². The molecule has 0 spiro atoms. The molecular formula is C10H8FNO5. The van der Waals surface area contributed by atoms with E-state index in [0.717, 1.165) is 30.4 Å². The number of halogens is 1. The zero-order chi connectivity index (χ0) is 12.8. The number of nitro groups is 1. The van der Waals surface area contributed by atoms with Gasteiger partial charge in [0.25, 0.3) is 0 Å². The molecule has 7 heteroatoms. The van der Waals surface area contributed by atoms with Crippen LogP contribution in [0, 0.1) is 15.9 Å². The summed E-state index contributed by atoms with van der Waals surface area (Å²) in [4.78, 5) is 20.0. The van der Waals surface area contributed by atoms with Crippen LogP contribution in [0.2, 0.25) is 0 Å². The van der Waals surface area contributed by atoms with Crippen molar-refractivity contribution in [2.24, 2.45) is 0 Å². The van der Waals surface area contributed by atoms with Gasteiger partial charge in [0.05, 0.1) is 4.92 Å². The van der Waals surface area contributed by atoms with E-state index in [1.807, 2.05) is 0 Å². The first-order valence-electron chi connectivity index (χ1n) is 4.47. The highest BCUT2D eigenvalue weighted by molar-refractivity contribution is 5.79. The Morgan fingerprint density at radius 3 is 2.88 bits per heavy atom. The van der Waals surface area contributed by atoms with Crippen LogP contribution in [0.3, 0.4) is 0 Å². The highest BCUT2D eigenvalue weighted by Gasteiger charge is 2.15. The zero-order valence-corrected chi connectivity index (χ0v) is 8.50. The van der Waals surface area contributed by atoms with Crippen molar-refractivity contribution >= 4 is 11.7 Å². The molecule has 0 aliphatic heterocycles. The predicted octanol–water partition coefficient (Wildman–Crippen LogP) is 1.75.